The summed E-state index contributed by atoms with van der Waals surface area (Å²) < 4.78 is 19.2. The average molecular weight is 324 g/mol. The van der Waals surface area contributed by atoms with Gasteiger partial charge < -0.3 is 9.32 Å². The minimum absolute atomic E-state index is 0.255. The van der Waals surface area contributed by atoms with Gasteiger partial charge in [-0.25, -0.2) is 4.39 Å². The summed E-state index contributed by atoms with van der Waals surface area (Å²) in [6, 6.07) is 11.8. The Labute approximate surface area is 139 Å². The summed E-state index contributed by atoms with van der Waals surface area (Å²) in [6.07, 6.45) is 4.95. The molecule has 0 aliphatic carbocycles. The van der Waals surface area contributed by atoms with E-state index in [1.165, 1.54) is 6.07 Å². The molecule has 0 spiro atoms. The Hall–Kier alpha value is -2.95. The first-order chi connectivity index (χ1) is 11.6. The molecule has 1 amide bonds. The molecule has 3 rings (SSSR count). The Bertz CT molecular complexity index is 817. The molecule has 0 atom stereocenters. The van der Waals surface area contributed by atoms with Crippen LogP contribution in [0.15, 0.2) is 65.5 Å². The van der Waals surface area contributed by atoms with Crippen molar-refractivity contribution in [1.82, 2.24) is 9.88 Å². The molecular weight excluding hydrogens is 307 g/mol. The number of hydrogen-bond donors (Lipinski definition) is 0. The van der Waals surface area contributed by atoms with Gasteiger partial charge in [0.1, 0.15) is 11.6 Å². The summed E-state index contributed by atoms with van der Waals surface area (Å²) >= 11 is 0. The quantitative estimate of drug-likeness (QED) is 0.713. The van der Waals surface area contributed by atoms with Crippen molar-refractivity contribution in [3.05, 3.63) is 89.4 Å². The Morgan fingerprint density at radius 1 is 1.21 bits per heavy atom. The van der Waals surface area contributed by atoms with Crippen molar-refractivity contribution in [2.45, 2.75) is 20.0 Å². The van der Waals surface area contributed by atoms with Crippen LogP contribution < -0.4 is 0 Å². The highest BCUT2D eigenvalue weighted by atomic mass is 19.1. The van der Waals surface area contributed by atoms with E-state index in [2.05, 4.69) is 4.98 Å². The summed E-state index contributed by atoms with van der Waals surface area (Å²) in [4.78, 5) is 18.5. The molecule has 5 heteroatoms. The van der Waals surface area contributed by atoms with E-state index in [-0.39, 0.29) is 11.7 Å². The Balaban J connectivity index is 1.87. The van der Waals surface area contributed by atoms with Crippen molar-refractivity contribution in [2.24, 2.45) is 0 Å². The van der Waals surface area contributed by atoms with Gasteiger partial charge in [0.25, 0.3) is 5.91 Å². The zero-order valence-corrected chi connectivity index (χ0v) is 13.3. The summed E-state index contributed by atoms with van der Waals surface area (Å²) in [5, 5.41) is 0. The molecule has 3 aromatic rings. The van der Waals surface area contributed by atoms with E-state index in [9.17, 15) is 9.18 Å². The topological polar surface area (TPSA) is 46.3 Å². The SMILES string of the molecule is Cc1ccc(C(=O)N(Cc2cccnc2)Cc2ccco2)cc1F. The maximum atomic E-state index is 13.8. The zero-order valence-electron chi connectivity index (χ0n) is 13.3. The highest BCUT2D eigenvalue weighted by molar-refractivity contribution is 5.94. The molecule has 2 aromatic heterocycles. The lowest BCUT2D eigenvalue weighted by Gasteiger charge is -2.22. The van der Waals surface area contributed by atoms with Crippen molar-refractivity contribution in [3.63, 3.8) is 0 Å². The van der Waals surface area contributed by atoms with Crippen LogP contribution in [0.3, 0.4) is 0 Å². The minimum atomic E-state index is -0.389. The van der Waals surface area contributed by atoms with Crippen LogP contribution in [0.5, 0.6) is 0 Å². The highest BCUT2D eigenvalue weighted by Crippen LogP contribution is 2.16. The number of nitrogens with zero attached hydrogens (tertiary/aromatic N) is 2. The number of hydrogen-bond acceptors (Lipinski definition) is 3. The Morgan fingerprint density at radius 3 is 2.75 bits per heavy atom. The lowest BCUT2D eigenvalue weighted by molar-refractivity contribution is 0.0717. The number of pyridine rings is 1. The monoisotopic (exact) mass is 324 g/mol. The van der Waals surface area contributed by atoms with Gasteiger partial charge in [-0.3, -0.25) is 9.78 Å². The van der Waals surface area contributed by atoms with Crippen molar-refractivity contribution in [3.8, 4) is 0 Å². The molecule has 0 bridgehead atoms. The van der Waals surface area contributed by atoms with Crippen LogP contribution in [0.4, 0.5) is 4.39 Å². The largest absolute Gasteiger partial charge is 0.467 e. The molecular formula is C19H17FN2O2. The number of halogens is 1. The van der Waals surface area contributed by atoms with Crippen LogP contribution in [0.25, 0.3) is 0 Å². The van der Waals surface area contributed by atoms with Crippen LogP contribution in [0, 0.1) is 12.7 Å². The van der Waals surface area contributed by atoms with Crippen molar-refractivity contribution in [1.29, 1.82) is 0 Å². The summed E-state index contributed by atoms with van der Waals surface area (Å²) in [5.41, 5.74) is 1.72. The first-order valence-electron chi connectivity index (χ1n) is 7.60. The van der Waals surface area contributed by atoms with Crippen LogP contribution in [-0.4, -0.2) is 15.8 Å². The van der Waals surface area contributed by atoms with Crippen LogP contribution in [-0.2, 0) is 13.1 Å². The van der Waals surface area contributed by atoms with Crippen molar-refractivity contribution >= 4 is 5.91 Å². The first kappa shape index (κ1) is 15.9. The molecule has 4 nitrogen and oxygen atoms in total. The van der Waals surface area contributed by atoms with Gasteiger partial charge in [-0.15, -0.1) is 0 Å². The second-order valence-electron chi connectivity index (χ2n) is 5.57. The minimum Gasteiger partial charge on any atom is -0.467 e. The number of rotatable bonds is 5. The van der Waals surface area contributed by atoms with Crippen molar-refractivity contribution < 1.29 is 13.6 Å². The fourth-order valence-corrected chi connectivity index (χ4v) is 2.41. The van der Waals surface area contributed by atoms with Gasteiger partial charge in [0.15, 0.2) is 0 Å². The molecule has 0 saturated carbocycles. The number of benzene rings is 1. The predicted octanol–water partition coefficient (Wildman–Crippen LogP) is 3.96. The fourth-order valence-electron chi connectivity index (χ4n) is 2.41. The highest BCUT2D eigenvalue weighted by Gasteiger charge is 2.19. The van der Waals surface area contributed by atoms with Gasteiger partial charge in [-0.05, 0) is 48.4 Å². The number of amides is 1. The molecule has 2 heterocycles. The first-order valence-corrected chi connectivity index (χ1v) is 7.60. The summed E-state index contributed by atoms with van der Waals surface area (Å²) in [5.74, 6) is 0.0224. The summed E-state index contributed by atoms with van der Waals surface area (Å²) in [7, 11) is 0. The van der Waals surface area contributed by atoms with E-state index >= 15 is 0 Å². The number of furan rings is 1. The van der Waals surface area contributed by atoms with E-state index < -0.39 is 0 Å². The third-order valence-electron chi connectivity index (χ3n) is 3.73. The molecule has 0 N–H and O–H groups in total. The van der Waals surface area contributed by atoms with E-state index in [0.717, 1.165) is 5.56 Å². The molecule has 0 fully saturated rings. The van der Waals surface area contributed by atoms with Crippen LogP contribution in [0.2, 0.25) is 0 Å². The number of aryl methyl sites for hydroxylation is 1. The van der Waals surface area contributed by atoms with Crippen LogP contribution >= 0.6 is 0 Å². The Morgan fingerprint density at radius 2 is 2.08 bits per heavy atom. The Kier molecular flexibility index (Phi) is 4.70. The molecule has 1 aromatic carbocycles. The molecule has 122 valence electrons. The molecule has 0 radical (unpaired) electrons. The fraction of sp³-hybridized carbons (Fsp3) is 0.158. The second-order valence-corrected chi connectivity index (χ2v) is 5.57. The zero-order chi connectivity index (χ0) is 16.9. The van der Waals surface area contributed by atoms with E-state index in [1.54, 1.807) is 54.7 Å². The smallest absolute Gasteiger partial charge is 0.254 e. The predicted molar refractivity (Wildman–Crippen MR) is 87.7 cm³/mol. The van der Waals surface area contributed by atoms with Gasteiger partial charge in [0.2, 0.25) is 0 Å². The molecule has 0 aliphatic rings. The molecule has 0 saturated heterocycles. The third-order valence-corrected chi connectivity index (χ3v) is 3.73. The van der Waals surface area contributed by atoms with E-state index in [0.29, 0.717) is 30.0 Å². The van der Waals surface area contributed by atoms with Gasteiger partial charge in [0, 0.05) is 24.5 Å². The van der Waals surface area contributed by atoms with E-state index in [1.807, 2.05) is 12.1 Å². The lowest BCUT2D eigenvalue weighted by Crippen LogP contribution is -2.30. The number of carbonyl (C=O) groups excluding carboxylic acids is 1. The maximum absolute atomic E-state index is 13.8. The molecule has 0 unspecified atom stereocenters. The van der Waals surface area contributed by atoms with Crippen LogP contribution in [0.1, 0.15) is 27.2 Å². The van der Waals surface area contributed by atoms with Crippen molar-refractivity contribution in [2.75, 3.05) is 0 Å². The standard InChI is InChI=1S/C19H17FN2O2/c1-14-6-7-16(10-18(14)20)19(23)22(13-17-5-3-9-24-17)12-15-4-2-8-21-11-15/h2-11H,12-13H2,1H3. The third kappa shape index (κ3) is 3.68. The molecule has 0 aliphatic heterocycles. The van der Waals surface area contributed by atoms with Gasteiger partial charge in [-0.2, -0.15) is 0 Å². The van der Waals surface area contributed by atoms with Gasteiger partial charge >= 0.3 is 0 Å². The van der Waals surface area contributed by atoms with Gasteiger partial charge in [-0.1, -0.05) is 12.1 Å². The van der Waals surface area contributed by atoms with Gasteiger partial charge in [0.05, 0.1) is 12.8 Å². The van der Waals surface area contributed by atoms with E-state index in [4.69, 9.17) is 4.42 Å². The summed E-state index contributed by atoms with van der Waals surface area (Å²) in [6.45, 7) is 2.33. The second kappa shape index (κ2) is 7.08. The number of carbonyl (C=O) groups is 1. The number of aromatic nitrogens is 1. The molecule has 24 heavy (non-hydrogen) atoms. The maximum Gasteiger partial charge on any atom is 0.254 e. The normalized spacial score (nSPS) is 10.6. The average Bonchev–Trinajstić information content (AvgIpc) is 3.10. The lowest BCUT2D eigenvalue weighted by atomic mass is 10.1.